The average Bonchev–Trinajstić information content (AvgIpc) is 2.75. The molecule has 0 spiro atoms. The van der Waals surface area contributed by atoms with E-state index in [1.165, 1.54) is 0 Å². The van der Waals surface area contributed by atoms with E-state index in [1.54, 1.807) is 0 Å². The molecule has 2 atom stereocenters. The predicted octanol–water partition coefficient (Wildman–Crippen LogP) is 3.19. The molecule has 6 heteroatoms. The monoisotopic (exact) mass is 339 g/mol. The zero-order valence-corrected chi connectivity index (χ0v) is 14.0. The lowest BCUT2D eigenvalue weighted by Gasteiger charge is -2.36. The molecule has 1 fully saturated rings. The van der Waals surface area contributed by atoms with Crippen LogP contribution in [0.1, 0.15) is 31.7 Å². The summed E-state index contributed by atoms with van der Waals surface area (Å²) < 4.78 is 11.4. The van der Waals surface area contributed by atoms with Crippen LogP contribution in [-0.2, 0) is 11.3 Å². The largest absolute Gasteiger partial charge is 0.489 e. The van der Waals surface area contributed by atoms with Gasteiger partial charge in [-0.1, -0.05) is 11.6 Å². The third-order valence-electron chi connectivity index (χ3n) is 4.61. The van der Waals surface area contributed by atoms with Crippen molar-refractivity contribution in [3.8, 4) is 11.5 Å². The van der Waals surface area contributed by atoms with Crippen LogP contribution in [0.2, 0.25) is 5.02 Å². The van der Waals surface area contributed by atoms with E-state index in [1.807, 2.05) is 12.1 Å². The maximum absolute atomic E-state index is 11.3. The first-order chi connectivity index (χ1) is 11.0. The van der Waals surface area contributed by atoms with Gasteiger partial charge >= 0.3 is 5.97 Å². The second-order valence-corrected chi connectivity index (χ2v) is 6.75. The lowest BCUT2D eigenvalue weighted by molar-refractivity contribution is -0.144. The average molecular weight is 340 g/mol. The number of aliphatic carboxylic acids is 1. The molecule has 0 radical (unpaired) electrons. The van der Waals surface area contributed by atoms with Crippen molar-refractivity contribution >= 4 is 17.6 Å². The highest BCUT2D eigenvalue weighted by atomic mass is 35.5. The standard InChI is InChI=1S/C17H22ClNO4/c1-11-3-4-13(17(20)21)10-19(11)9-12-7-14(18)16-15(8-12)22-5-2-6-23-16/h7-8,11,13H,2-6,9-10H2,1H3,(H,20,21). The van der Waals surface area contributed by atoms with Crippen molar-refractivity contribution in [3.05, 3.63) is 22.7 Å². The zero-order valence-electron chi connectivity index (χ0n) is 13.3. The summed E-state index contributed by atoms with van der Waals surface area (Å²) in [6, 6.07) is 4.22. The molecule has 0 bridgehead atoms. The molecular formula is C17H22ClNO4. The summed E-state index contributed by atoms with van der Waals surface area (Å²) in [5.41, 5.74) is 1.03. The number of fused-ring (bicyclic) bond motifs is 1. The molecule has 0 amide bonds. The summed E-state index contributed by atoms with van der Waals surface area (Å²) in [6.07, 6.45) is 2.48. The summed E-state index contributed by atoms with van der Waals surface area (Å²) >= 11 is 6.34. The number of nitrogens with zero attached hydrogens (tertiary/aromatic N) is 1. The summed E-state index contributed by atoms with van der Waals surface area (Å²) in [5, 5.41) is 9.81. The molecule has 0 aliphatic carbocycles. The molecule has 1 saturated heterocycles. The molecule has 3 rings (SSSR count). The Kier molecular flexibility index (Phi) is 4.97. The lowest BCUT2D eigenvalue weighted by Crippen LogP contribution is -2.43. The summed E-state index contributed by atoms with van der Waals surface area (Å²) in [4.78, 5) is 13.5. The second-order valence-electron chi connectivity index (χ2n) is 6.35. The molecule has 2 aliphatic heterocycles. The molecule has 0 saturated carbocycles. The number of halogens is 1. The minimum absolute atomic E-state index is 0.290. The third-order valence-corrected chi connectivity index (χ3v) is 4.89. The fraction of sp³-hybridized carbons (Fsp3) is 0.588. The Bertz CT molecular complexity index is 592. The molecule has 0 aromatic heterocycles. The van der Waals surface area contributed by atoms with Gasteiger partial charge in [-0.05, 0) is 37.5 Å². The van der Waals surface area contributed by atoms with E-state index in [-0.39, 0.29) is 5.92 Å². The van der Waals surface area contributed by atoms with Crippen LogP contribution < -0.4 is 9.47 Å². The van der Waals surface area contributed by atoms with Crippen molar-refractivity contribution in [2.24, 2.45) is 5.92 Å². The number of rotatable bonds is 3. The Labute approximate surface area is 141 Å². The number of ether oxygens (including phenoxy) is 2. The minimum atomic E-state index is -0.710. The first-order valence-corrected chi connectivity index (χ1v) is 8.47. The van der Waals surface area contributed by atoms with E-state index in [4.69, 9.17) is 21.1 Å². The van der Waals surface area contributed by atoms with Crippen molar-refractivity contribution in [1.29, 1.82) is 0 Å². The molecular weight excluding hydrogens is 318 g/mol. The first kappa shape index (κ1) is 16.4. The van der Waals surface area contributed by atoms with Crippen LogP contribution in [-0.4, -0.2) is 41.8 Å². The van der Waals surface area contributed by atoms with Gasteiger partial charge in [0.05, 0.1) is 24.2 Å². The molecule has 5 nitrogen and oxygen atoms in total. The van der Waals surface area contributed by atoms with Crippen molar-refractivity contribution in [3.63, 3.8) is 0 Å². The number of hydrogen-bond donors (Lipinski definition) is 1. The van der Waals surface area contributed by atoms with E-state index in [0.717, 1.165) is 24.8 Å². The minimum Gasteiger partial charge on any atom is -0.489 e. The Hall–Kier alpha value is -1.46. The van der Waals surface area contributed by atoms with Crippen LogP contribution in [0.4, 0.5) is 0 Å². The summed E-state index contributed by atoms with van der Waals surface area (Å²) in [5.74, 6) is 0.299. The van der Waals surface area contributed by atoms with Crippen molar-refractivity contribution in [1.82, 2.24) is 4.90 Å². The maximum atomic E-state index is 11.3. The van der Waals surface area contributed by atoms with Gasteiger partial charge in [-0.3, -0.25) is 9.69 Å². The van der Waals surface area contributed by atoms with Gasteiger partial charge in [-0.2, -0.15) is 0 Å². The van der Waals surface area contributed by atoms with Crippen LogP contribution in [0.3, 0.4) is 0 Å². The van der Waals surface area contributed by atoms with E-state index in [2.05, 4.69) is 11.8 Å². The van der Waals surface area contributed by atoms with E-state index >= 15 is 0 Å². The van der Waals surface area contributed by atoms with E-state index in [0.29, 0.717) is 48.9 Å². The third kappa shape index (κ3) is 3.72. The van der Waals surface area contributed by atoms with Gasteiger partial charge in [-0.25, -0.2) is 0 Å². The number of likely N-dealkylation sites (tertiary alicyclic amines) is 1. The van der Waals surface area contributed by atoms with Crippen molar-refractivity contribution in [2.45, 2.75) is 38.8 Å². The van der Waals surface area contributed by atoms with Crippen LogP contribution in [0.15, 0.2) is 12.1 Å². The number of hydrogen-bond acceptors (Lipinski definition) is 4. The molecule has 23 heavy (non-hydrogen) atoms. The first-order valence-electron chi connectivity index (χ1n) is 8.09. The summed E-state index contributed by atoms with van der Waals surface area (Å²) in [6.45, 7) is 4.61. The van der Waals surface area contributed by atoms with Gasteiger partial charge in [-0.15, -0.1) is 0 Å². The predicted molar refractivity (Wildman–Crippen MR) is 87.3 cm³/mol. The smallest absolute Gasteiger partial charge is 0.307 e. The fourth-order valence-corrected chi connectivity index (χ4v) is 3.50. The summed E-state index contributed by atoms with van der Waals surface area (Å²) in [7, 11) is 0. The number of benzene rings is 1. The van der Waals surface area contributed by atoms with Crippen LogP contribution in [0, 0.1) is 5.92 Å². The van der Waals surface area contributed by atoms with E-state index in [9.17, 15) is 9.90 Å². The molecule has 2 aliphatic rings. The van der Waals surface area contributed by atoms with E-state index < -0.39 is 5.97 Å². The molecule has 2 unspecified atom stereocenters. The van der Waals surface area contributed by atoms with Crippen molar-refractivity contribution < 1.29 is 19.4 Å². The fourth-order valence-electron chi connectivity index (χ4n) is 3.21. The van der Waals surface area contributed by atoms with Gasteiger partial charge in [0, 0.05) is 25.6 Å². The maximum Gasteiger partial charge on any atom is 0.307 e. The molecule has 1 aromatic carbocycles. The number of piperidine rings is 1. The highest BCUT2D eigenvalue weighted by molar-refractivity contribution is 6.32. The number of carbonyl (C=O) groups is 1. The quantitative estimate of drug-likeness (QED) is 0.916. The van der Waals surface area contributed by atoms with Gasteiger partial charge in [0.1, 0.15) is 0 Å². The van der Waals surface area contributed by atoms with Crippen LogP contribution in [0.25, 0.3) is 0 Å². The molecule has 2 heterocycles. The Morgan fingerprint density at radius 1 is 1.35 bits per heavy atom. The second kappa shape index (κ2) is 6.97. The Morgan fingerprint density at radius 3 is 2.91 bits per heavy atom. The van der Waals surface area contributed by atoms with Gasteiger partial charge in [0.25, 0.3) is 0 Å². The SMILES string of the molecule is CC1CCC(C(=O)O)CN1Cc1cc(Cl)c2c(c1)OCCCO2. The topological polar surface area (TPSA) is 59.0 Å². The highest BCUT2D eigenvalue weighted by Gasteiger charge is 2.30. The normalized spacial score (nSPS) is 25.0. The van der Waals surface area contributed by atoms with Gasteiger partial charge in [0.15, 0.2) is 11.5 Å². The molecule has 126 valence electrons. The van der Waals surface area contributed by atoms with Crippen LogP contribution in [0.5, 0.6) is 11.5 Å². The number of carboxylic acid groups (broad SMARTS) is 1. The van der Waals surface area contributed by atoms with Gasteiger partial charge in [0.2, 0.25) is 0 Å². The Balaban J connectivity index is 1.78. The van der Waals surface area contributed by atoms with Crippen LogP contribution >= 0.6 is 11.6 Å². The molecule has 1 N–H and O–H groups in total. The lowest BCUT2D eigenvalue weighted by atomic mass is 9.93. The van der Waals surface area contributed by atoms with Gasteiger partial charge < -0.3 is 14.6 Å². The van der Waals surface area contributed by atoms with Crippen molar-refractivity contribution in [2.75, 3.05) is 19.8 Å². The zero-order chi connectivity index (χ0) is 16.4. The highest BCUT2D eigenvalue weighted by Crippen LogP contribution is 2.38. The molecule has 1 aromatic rings. The number of carboxylic acids is 1. The Morgan fingerprint density at radius 2 is 2.13 bits per heavy atom.